The van der Waals surface area contributed by atoms with Crippen molar-refractivity contribution in [2.45, 2.75) is 59.8 Å². The molecule has 82 valence electrons. The van der Waals surface area contributed by atoms with Gasteiger partial charge in [-0.3, -0.25) is 0 Å². The molecular weight excluding hydrogens is 180 g/mol. The van der Waals surface area contributed by atoms with Gasteiger partial charge in [0, 0.05) is 0 Å². The first kappa shape index (κ1) is 10.7. The molecule has 0 nitrogen and oxygen atoms in total. The van der Waals surface area contributed by atoms with Crippen LogP contribution in [0.2, 0.25) is 0 Å². The van der Waals surface area contributed by atoms with Crippen molar-refractivity contribution in [3.63, 3.8) is 0 Å². The average Bonchev–Trinajstić information content (AvgIpc) is 2.47. The standard InChI is InChI=1S/C15H22/c1-8-7-9(2)15-13(6)11(4)10(3)12(5)14(8)15/h8-9H,7H2,1-6H3. The molecule has 0 saturated heterocycles. The van der Waals surface area contributed by atoms with E-state index >= 15 is 0 Å². The Morgan fingerprint density at radius 1 is 0.667 bits per heavy atom. The third-order valence-electron chi connectivity index (χ3n) is 4.48. The Morgan fingerprint density at radius 2 is 1.00 bits per heavy atom. The van der Waals surface area contributed by atoms with Gasteiger partial charge in [0.2, 0.25) is 0 Å². The molecule has 0 heterocycles. The van der Waals surface area contributed by atoms with E-state index in [0.29, 0.717) is 0 Å². The van der Waals surface area contributed by atoms with Gasteiger partial charge in [0.1, 0.15) is 0 Å². The molecule has 0 radical (unpaired) electrons. The van der Waals surface area contributed by atoms with Gasteiger partial charge in [-0.25, -0.2) is 0 Å². The molecule has 1 aromatic rings. The predicted octanol–water partition coefficient (Wildman–Crippen LogP) is 4.53. The van der Waals surface area contributed by atoms with E-state index in [1.165, 1.54) is 17.5 Å². The van der Waals surface area contributed by atoms with Gasteiger partial charge in [0.25, 0.3) is 0 Å². The number of fused-ring (bicyclic) bond motifs is 1. The summed E-state index contributed by atoms with van der Waals surface area (Å²) in [6.07, 6.45) is 1.33. The molecule has 0 aromatic heterocycles. The Hall–Kier alpha value is -0.780. The molecule has 0 aliphatic heterocycles. The van der Waals surface area contributed by atoms with Crippen molar-refractivity contribution < 1.29 is 0 Å². The first-order valence-corrected chi connectivity index (χ1v) is 6.05. The summed E-state index contributed by atoms with van der Waals surface area (Å²) >= 11 is 0. The molecular formula is C15H22. The average molecular weight is 202 g/mol. The van der Waals surface area contributed by atoms with Crippen LogP contribution >= 0.6 is 0 Å². The maximum atomic E-state index is 2.38. The van der Waals surface area contributed by atoms with Gasteiger partial charge in [-0.2, -0.15) is 0 Å². The number of hydrogen-bond acceptors (Lipinski definition) is 0. The van der Waals surface area contributed by atoms with Crippen LogP contribution in [0.3, 0.4) is 0 Å². The van der Waals surface area contributed by atoms with E-state index in [-0.39, 0.29) is 0 Å². The Bertz CT molecular complexity index is 374. The highest BCUT2D eigenvalue weighted by molar-refractivity contribution is 5.54. The molecule has 1 aliphatic rings. The number of rotatable bonds is 0. The molecule has 0 amide bonds. The molecule has 2 rings (SSSR count). The van der Waals surface area contributed by atoms with Crippen LogP contribution in [-0.4, -0.2) is 0 Å². The van der Waals surface area contributed by atoms with Crippen LogP contribution in [0.5, 0.6) is 0 Å². The molecule has 1 aliphatic carbocycles. The Labute approximate surface area is 93.7 Å². The second kappa shape index (κ2) is 3.37. The molecule has 2 unspecified atom stereocenters. The summed E-state index contributed by atoms with van der Waals surface area (Å²) in [6, 6.07) is 0. The SMILES string of the molecule is Cc1c(C)c(C)c2c(c1C)C(C)CC2C. The topological polar surface area (TPSA) is 0 Å². The van der Waals surface area contributed by atoms with Crippen molar-refractivity contribution in [3.8, 4) is 0 Å². The van der Waals surface area contributed by atoms with Crippen LogP contribution in [0.1, 0.15) is 65.5 Å². The van der Waals surface area contributed by atoms with Crippen molar-refractivity contribution in [1.29, 1.82) is 0 Å². The second-order valence-corrected chi connectivity index (χ2v) is 5.37. The van der Waals surface area contributed by atoms with E-state index < -0.39 is 0 Å². The van der Waals surface area contributed by atoms with E-state index in [0.717, 1.165) is 11.8 Å². The van der Waals surface area contributed by atoms with Gasteiger partial charge in [-0.05, 0) is 79.3 Å². The number of benzene rings is 1. The fourth-order valence-electron chi connectivity index (χ4n) is 3.41. The van der Waals surface area contributed by atoms with Gasteiger partial charge in [0.15, 0.2) is 0 Å². The van der Waals surface area contributed by atoms with Crippen LogP contribution in [0.15, 0.2) is 0 Å². The van der Waals surface area contributed by atoms with E-state index in [1.807, 2.05) is 0 Å². The fourth-order valence-corrected chi connectivity index (χ4v) is 3.41. The fraction of sp³-hybridized carbons (Fsp3) is 0.600. The third-order valence-corrected chi connectivity index (χ3v) is 4.48. The minimum atomic E-state index is 0.757. The van der Waals surface area contributed by atoms with E-state index in [2.05, 4.69) is 41.5 Å². The zero-order valence-corrected chi connectivity index (χ0v) is 10.9. The molecule has 1 aromatic carbocycles. The summed E-state index contributed by atoms with van der Waals surface area (Å²) in [7, 11) is 0. The highest BCUT2D eigenvalue weighted by Crippen LogP contribution is 2.46. The van der Waals surface area contributed by atoms with Crippen molar-refractivity contribution in [1.82, 2.24) is 0 Å². The molecule has 0 heteroatoms. The van der Waals surface area contributed by atoms with Crippen LogP contribution in [0, 0.1) is 27.7 Å². The summed E-state index contributed by atoms with van der Waals surface area (Å²) < 4.78 is 0. The van der Waals surface area contributed by atoms with E-state index in [9.17, 15) is 0 Å². The molecule has 0 spiro atoms. The molecule has 0 bridgehead atoms. The molecule has 0 N–H and O–H groups in total. The summed E-state index contributed by atoms with van der Waals surface area (Å²) in [4.78, 5) is 0. The minimum absolute atomic E-state index is 0.757. The van der Waals surface area contributed by atoms with Gasteiger partial charge >= 0.3 is 0 Å². The van der Waals surface area contributed by atoms with Crippen LogP contribution in [0.25, 0.3) is 0 Å². The smallest absolute Gasteiger partial charge is 0.0179 e. The maximum absolute atomic E-state index is 2.38. The molecule has 0 fully saturated rings. The Kier molecular flexibility index (Phi) is 2.41. The number of hydrogen-bond donors (Lipinski definition) is 0. The monoisotopic (exact) mass is 202 g/mol. The third kappa shape index (κ3) is 1.34. The highest BCUT2D eigenvalue weighted by Gasteiger charge is 2.29. The zero-order valence-electron chi connectivity index (χ0n) is 10.9. The lowest BCUT2D eigenvalue weighted by molar-refractivity contribution is 0.659. The van der Waals surface area contributed by atoms with Crippen LogP contribution in [0.4, 0.5) is 0 Å². The normalized spacial score (nSPS) is 24.4. The first-order chi connectivity index (χ1) is 6.95. The van der Waals surface area contributed by atoms with Gasteiger partial charge < -0.3 is 0 Å². The zero-order chi connectivity index (χ0) is 11.3. The van der Waals surface area contributed by atoms with Crippen molar-refractivity contribution in [2.24, 2.45) is 0 Å². The van der Waals surface area contributed by atoms with Gasteiger partial charge in [0.05, 0.1) is 0 Å². The quantitative estimate of drug-likeness (QED) is 0.580. The maximum Gasteiger partial charge on any atom is -0.0179 e. The first-order valence-electron chi connectivity index (χ1n) is 6.05. The largest absolute Gasteiger partial charge is 0.0584 e. The summed E-state index contributed by atoms with van der Waals surface area (Å²) in [5, 5.41) is 0. The van der Waals surface area contributed by atoms with Crippen LogP contribution < -0.4 is 0 Å². The predicted molar refractivity (Wildman–Crippen MR) is 66.8 cm³/mol. The van der Waals surface area contributed by atoms with E-state index in [1.54, 1.807) is 22.3 Å². The Morgan fingerprint density at radius 3 is 1.33 bits per heavy atom. The summed E-state index contributed by atoms with van der Waals surface area (Å²) in [6.45, 7) is 13.9. The molecule has 2 atom stereocenters. The second-order valence-electron chi connectivity index (χ2n) is 5.37. The highest BCUT2D eigenvalue weighted by atomic mass is 14.3. The van der Waals surface area contributed by atoms with Crippen LogP contribution in [-0.2, 0) is 0 Å². The van der Waals surface area contributed by atoms with Gasteiger partial charge in [-0.1, -0.05) is 13.8 Å². The van der Waals surface area contributed by atoms with E-state index in [4.69, 9.17) is 0 Å². The van der Waals surface area contributed by atoms with Gasteiger partial charge in [-0.15, -0.1) is 0 Å². The van der Waals surface area contributed by atoms with Crippen molar-refractivity contribution >= 4 is 0 Å². The molecule has 15 heavy (non-hydrogen) atoms. The van der Waals surface area contributed by atoms with Crippen molar-refractivity contribution in [3.05, 3.63) is 33.4 Å². The Balaban J connectivity index is 2.80. The van der Waals surface area contributed by atoms with Crippen molar-refractivity contribution in [2.75, 3.05) is 0 Å². The lowest BCUT2D eigenvalue weighted by Gasteiger charge is -2.18. The minimum Gasteiger partial charge on any atom is -0.0584 e. The lowest BCUT2D eigenvalue weighted by atomic mass is 9.87. The summed E-state index contributed by atoms with van der Waals surface area (Å²) in [5.74, 6) is 1.51. The lowest BCUT2D eigenvalue weighted by Crippen LogP contribution is -2.02. The summed E-state index contributed by atoms with van der Waals surface area (Å²) in [5.41, 5.74) is 9.42. The molecule has 0 saturated carbocycles.